The third-order valence-corrected chi connectivity index (χ3v) is 2.25. The van der Waals surface area contributed by atoms with E-state index in [0.29, 0.717) is 12.1 Å². The molecule has 1 heterocycles. The minimum absolute atomic E-state index is 0.0312. The van der Waals surface area contributed by atoms with Gasteiger partial charge in [0.15, 0.2) is 0 Å². The van der Waals surface area contributed by atoms with Crippen molar-refractivity contribution in [1.82, 2.24) is 4.98 Å². The molecule has 0 spiro atoms. The van der Waals surface area contributed by atoms with Crippen LogP contribution in [0.15, 0.2) is 0 Å². The van der Waals surface area contributed by atoms with E-state index < -0.39 is 11.9 Å². The van der Waals surface area contributed by atoms with Crippen molar-refractivity contribution >= 4 is 17.6 Å². The van der Waals surface area contributed by atoms with Crippen LogP contribution in [0.1, 0.15) is 33.5 Å². The van der Waals surface area contributed by atoms with Gasteiger partial charge in [-0.15, -0.1) is 0 Å². The van der Waals surface area contributed by atoms with E-state index in [1.165, 1.54) is 14.2 Å². The topological polar surface area (TPSA) is 94.4 Å². The van der Waals surface area contributed by atoms with E-state index in [1.54, 1.807) is 0 Å². The molecule has 1 aromatic heterocycles. The van der Waals surface area contributed by atoms with E-state index in [9.17, 15) is 9.59 Å². The molecule has 88 valence electrons. The summed E-state index contributed by atoms with van der Waals surface area (Å²) in [6.45, 7) is 1.85. The van der Waals surface area contributed by atoms with Crippen molar-refractivity contribution < 1.29 is 19.1 Å². The first-order valence-electron chi connectivity index (χ1n) is 4.73. The molecule has 3 N–H and O–H groups in total. The Morgan fingerprint density at radius 1 is 1.25 bits per heavy atom. The smallest absolute Gasteiger partial charge is 0.355 e. The fraction of sp³-hybridized carbons (Fsp3) is 0.400. The van der Waals surface area contributed by atoms with E-state index in [1.807, 2.05) is 6.92 Å². The second-order valence-electron chi connectivity index (χ2n) is 3.10. The summed E-state index contributed by atoms with van der Waals surface area (Å²) in [6.07, 6.45) is 0.576. The van der Waals surface area contributed by atoms with Gasteiger partial charge in [-0.1, -0.05) is 6.92 Å². The van der Waals surface area contributed by atoms with Gasteiger partial charge in [0.1, 0.15) is 11.3 Å². The minimum Gasteiger partial charge on any atom is -0.465 e. The highest BCUT2D eigenvalue weighted by atomic mass is 16.5. The lowest BCUT2D eigenvalue weighted by Crippen LogP contribution is -2.11. The van der Waals surface area contributed by atoms with Crippen LogP contribution in [-0.4, -0.2) is 31.1 Å². The number of ether oxygens (including phenoxy) is 2. The van der Waals surface area contributed by atoms with Gasteiger partial charge in [-0.05, 0) is 6.42 Å². The number of nitrogen functional groups attached to an aromatic ring is 1. The van der Waals surface area contributed by atoms with Gasteiger partial charge in [0.25, 0.3) is 0 Å². The standard InChI is InChI=1S/C10H14N2O4/c1-4-5-7(11)6(9(13)15-2)8(12-5)10(14)16-3/h12H,4,11H2,1-3H3. The zero-order valence-electron chi connectivity index (χ0n) is 9.42. The molecule has 0 unspecified atom stereocenters. The van der Waals surface area contributed by atoms with Crippen molar-refractivity contribution in [1.29, 1.82) is 0 Å². The van der Waals surface area contributed by atoms with Crippen LogP contribution in [0.3, 0.4) is 0 Å². The Morgan fingerprint density at radius 2 is 1.81 bits per heavy atom. The van der Waals surface area contributed by atoms with Crippen LogP contribution in [0.4, 0.5) is 5.69 Å². The lowest BCUT2D eigenvalue weighted by Gasteiger charge is -2.01. The number of methoxy groups -OCH3 is 2. The molecule has 1 rings (SSSR count). The maximum absolute atomic E-state index is 11.5. The molecule has 0 aromatic carbocycles. The molecule has 0 aliphatic carbocycles. The van der Waals surface area contributed by atoms with Crippen molar-refractivity contribution in [2.75, 3.05) is 20.0 Å². The third kappa shape index (κ3) is 1.86. The summed E-state index contributed by atoms with van der Waals surface area (Å²) >= 11 is 0. The largest absolute Gasteiger partial charge is 0.465 e. The third-order valence-electron chi connectivity index (χ3n) is 2.25. The number of aromatic amines is 1. The summed E-state index contributed by atoms with van der Waals surface area (Å²) in [6, 6.07) is 0. The molecule has 0 atom stereocenters. The van der Waals surface area contributed by atoms with E-state index in [2.05, 4.69) is 14.5 Å². The predicted molar refractivity (Wildman–Crippen MR) is 57.3 cm³/mol. The highest BCUT2D eigenvalue weighted by Gasteiger charge is 2.26. The highest BCUT2D eigenvalue weighted by molar-refractivity contribution is 6.06. The molecule has 0 aliphatic rings. The van der Waals surface area contributed by atoms with Gasteiger partial charge in [-0.25, -0.2) is 9.59 Å². The molecule has 0 fully saturated rings. The number of nitrogens with two attached hydrogens (primary N) is 1. The Balaban J connectivity index is 3.36. The molecule has 1 aromatic rings. The van der Waals surface area contributed by atoms with Crippen LogP contribution in [0.5, 0.6) is 0 Å². The molecule has 0 radical (unpaired) electrons. The Kier molecular flexibility index (Phi) is 3.55. The lowest BCUT2D eigenvalue weighted by molar-refractivity contribution is 0.0552. The van der Waals surface area contributed by atoms with Crippen molar-refractivity contribution in [2.45, 2.75) is 13.3 Å². The van der Waals surface area contributed by atoms with Gasteiger partial charge in [0, 0.05) is 5.69 Å². The first-order chi connectivity index (χ1) is 7.56. The molecule has 0 saturated carbocycles. The van der Waals surface area contributed by atoms with Gasteiger partial charge in [0.2, 0.25) is 0 Å². The molecular weight excluding hydrogens is 212 g/mol. The van der Waals surface area contributed by atoms with E-state index in [-0.39, 0.29) is 16.9 Å². The Morgan fingerprint density at radius 3 is 2.25 bits per heavy atom. The van der Waals surface area contributed by atoms with Crippen LogP contribution in [0, 0.1) is 0 Å². The van der Waals surface area contributed by atoms with Gasteiger partial charge in [0.05, 0.1) is 19.9 Å². The van der Waals surface area contributed by atoms with Crippen LogP contribution < -0.4 is 5.73 Å². The highest BCUT2D eigenvalue weighted by Crippen LogP contribution is 2.23. The van der Waals surface area contributed by atoms with E-state index in [0.717, 1.165) is 0 Å². The second-order valence-corrected chi connectivity index (χ2v) is 3.10. The Labute approximate surface area is 92.7 Å². The minimum atomic E-state index is -0.658. The number of hydrogen-bond acceptors (Lipinski definition) is 5. The molecule has 0 saturated heterocycles. The quantitative estimate of drug-likeness (QED) is 0.741. The molecule has 16 heavy (non-hydrogen) atoms. The number of carbonyl (C=O) groups is 2. The second kappa shape index (κ2) is 4.69. The summed E-state index contributed by atoms with van der Waals surface area (Å²) in [5.41, 5.74) is 6.65. The number of rotatable bonds is 3. The molecule has 0 aliphatic heterocycles. The van der Waals surface area contributed by atoms with Gasteiger partial charge >= 0.3 is 11.9 Å². The summed E-state index contributed by atoms with van der Waals surface area (Å²) in [5, 5.41) is 0. The van der Waals surface area contributed by atoms with Crippen LogP contribution in [0.25, 0.3) is 0 Å². The van der Waals surface area contributed by atoms with Gasteiger partial charge < -0.3 is 20.2 Å². The van der Waals surface area contributed by atoms with Crippen molar-refractivity contribution in [3.05, 3.63) is 17.0 Å². The van der Waals surface area contributed by atoms with Crippen molar-refractivity contribution in [2.24, 2.45) is 0 Å². The SMILES string of the molecule is CCc1[nH]c(C(=O)OC)c(C(=O)OC)c1N. The summed E-state index contributed by atoms with van der Waals surface area (Å²) in [5.74, 6) is -1.30. The molecule has 0 amide bonds. The van der Waals surface area contributed by atoms with Crippen LogP contribution in [-0.2, 0) is 15.9 Å². The number of aryl methyl sites for hydroxylation is 1. The zero-order chi connectivity index (χ0) is 12.3. The molecule has 6 nitrogen and oxygen atoms in total. The number of carbonyl (C=O) groups excluding carboxylic acids is 2. The van der Waals surface area contributed by atoms with Crippen LogP contribution >= 0.6 is 0 Å². The monoisotopic (exact) mass is 226 g/mol. The average Bonchev–Trinajstić information content (AvgIpc) is 2.64. The van der Waals surface area contributed by atoms with E-state index >= 15 is 0 Å². The predicted octanol–water partition coefficient (Wildman–Crippen LogP) is 0.733. The summed E-state index contributed by atoms with van der Waals surface area (Å²) < 4.78 is 9.11. The number of nitrogens with one attached hydrogen (secondary N) is 1. The number of aromatic nitrogens is 1. The first kappa shape index (κ1) is 12.1. The zero-order valence-corrected chi connectivity index (χ0v) is 9.42. The molecule has 0 bridgehead atoms. The molecule has 6 heteroatoms. The average molecular weight is 226 g/mol. The normalized spacial score (nSPS) is 9.94. The van der Waals surface area contributed by atoms with Gasteiger partial charge in [-0.2, -0.15) is 0 Å². The van der Waals surface area contributed by atoms with Gasteiger partial charge in [-0.3, -0.25) is 0 Å². The fourth-order valence-electron chi connectivity index (χ4n) is 1.41. The van der Waals surface area contributed by atoms with E-state index in [4.69, 9.17) is 5.73 Å². The number of hydrogen-bond donors (Lipinski definition) is 2. The Bertz CT molecular complexity index is 423. The number of esters is 2. The maximum atomic E-state index is 11.5. The van der Waals surface area contributed by atoms with Crippen molar-refractivity contribution in [3.63, 3.8) is 0 Å². The van der Waals surface area contributed by atoms with Crippen LogP contribution in [0.2, 0.25) is 0 Å². The Hall–Kier alpha value is -1.98. The molecular formula is C10H14N2O4. The number of anilines is 1. The van der Waals surface area contributed by atoms with Crippen molar-refractivity contribution in [3.8, 4) is 0 Å². The fourth-order valence-corrected chi connectivity index (χ4v) is 1.41. The summed E-state index contributed by atoms with van der Waals surface area (Å²) in [7, 11) is 2.45. The number of H-pyrrole nitrogens is 1. The first-order valence-corrected chi connectivity index (χ1v) is 4.73. The lowest BCUT2D eigenvalue weighted by atomic mass is 10.2. The summed E-state index contributed by atoms with van der Waals surface area (Å²) in [4.78, 5) is 25.7. The maximum Gasteiger partial charge on any atom is 0.355 e.